The van der Waals surface area contributed by atoms with Gasteiger partial charge in [-0.05, 0) is 27.2 Å². The molecule has 0 aliphatic carbocycles. The van der Waals surface area contributed by atoms with E-state index in [1.165, 1.54) is 0 Å². The third-order valence-electron chi connectivity index (χ3n) is 3.96. The second kappa shape index (κ2) is 4.89. The predicted molar refractivity (Wildman–Crippen MR) is 75.4 cm³/mol. The summed E-state index contributed by atoms with van der Waals surface area (Å²) in [4.78, 5) is 27.2. The van der Waals surface area contributed by atoms with Crippen LogP contribution < -0.4 is 0 Å². The highest BCUT2D eigenvalue weighted by Crippen LogP contribution is 2.33. The Labute approximate surface area is 118 Å². The van der Waals surface area contributed by atoms with Crippen LogP contribution in [0.3, 0.4) is 0 Å². The van der Waals surface area contributed by atoms with Crippen molar-refractivity contribution in [3.05, 3.63) is 0 Å². The lowest BCUT2D eigenvalue weighted by Gasteiger charge is -2.39. The highest BCUT2D eigenvalue weighted by atomic mass is 32.2. The van der Waals surface area contributed by atoms with E-state index in [1.807, 2.05) is 16.7 Å². The molecule has 0 radical (unpaired) electrons. The summed E-state index contributed by atoms with van der Waals surface area (Å²) in [5.74, 6) is 0.139. The Bertz CT molecular complexity index is 399. The molecule has 5 nitrogen and oxygen atoms in total. The van der Waals surface area contributed by atoms with Gasteiger partial charge in [0.15, 0.2) is 0 Å². The molecule has 0 aromatic carbocycles. The lowest BCUT2D eigenvalue weighted by molar-refractivity contribution is -0.147. The first-order valence-corrected chi connectivity index (χ1v) is 7.63. The van der Waals surface area contributed by atoms with Crippen LogP contribution in [-0.4, -0.2) is 63.6 Å². The Kier molecular flexibility index (Phi) is 3.73. The van der Waals surface area contributed by atoms with Crippen LogP contribution in [0.4, 0.5) is 4.79 Å². The summed E-state index contributed by atoms with van der Waals surface area (Å²) in [6, 6.07) is -0.00153. The first kappa shape index (κ1) is 14.5. The SMILES string of the molecule is CC1(C)CN(C(=O)N2CCC(C)(C(=O)O)C2)CCS1. The molecule has 2 saturated heterocycles. The fourth-order valence-corrected chi connectivity index (χ4v) is 3.79. The Hall–Kier alpha value is -0.910. The van der Waals surface area contributed by atoms with Crippen LogP contribution in [-0.2, 0) is 4.79 Å². The standard InChI is InChI=1S/C13H22N2O3S/c1-12(2)8-15(6-7-19-12)11(18)14-5-4-13(3,9-14)10(16)17/h4-9H2,1-3H3,(H,16,17). The van der Waals surface area contributed by atoms with Crippen LogP contribution in [0, 0.1) is 5.41 Å². The molecule has 2 heterocycles. The van der Waals surface area contributed by atoms with Gasteiger partial charge in [-0.2, -0.15) is 11.8 Å². The number of carboxylic acids is 1. The van der Waals surface area contributed by atoms with E-state index in [0.29, 0.717) is 19.5 Å². The van der Waals surface area contributed by atoms with E-state index in [9.17, 15) is 14.7 Å². The van der Waals surface area contributed by atoms with Crippen molar-refractivity contribution in [2.75, 3.05) is 31.9 Å². The van der Waals surface area contributed by atoms with Gasteiger partial charge in [0.2, 0.25) is 0 Å². The predicted octanol–water partition coefficient (Wildman–Crippen LogP) is 1.73. The second-order valence-electron chi connectivity index (χ2n) is 6.35. The molecule has 2 aliphatic heterocycles. The smallest absolute Gasteiger partial charge is 0.320 e. The molecule has 0 aromatic heterocycles. The number of thioether (sulfide) groups is 1. The zero-order valence-electron chi connectivity index (χ0n) is 11.8. The molecular formula is C13H22N2O3S. The van der Waals surface area contributed by atoms with E-state index >= 15 is 0 Å². The Morgan fingerprint density at radius 1 is 1.11 bits per heavy atom. The van der Waals surface area contributed by atoms with Crippen molar-refractivity contribution in [1.29, 1.82) is 0 Å². The molecule has 2 rings (SSSR count). The summed E-state index contributed by atoms with van der Waals surface area (Å²) < 4.78 is 0.0870. The average Bonchev–Trinajstić information content (AvgIpc) is 2.71. The van der Waals surface area contributed by atoms with Gasteiger partial charge in [-0.25, -0.2) is 4.79 Å². The molecule has 19 heavy (non-hydrogen) atoms. The van der Waals surface area contributed by atoms with Crippen LogP contribution in [0.25, 0.3) is 0 Å². The van der Waals surface area contributed by atoms with Crippen LogP contribution in [0.2, 0.25) is 0 Å². The van der Waals surface area contributed by atoms with Gasteiger partial charge in [0.25, 0.3) is 0 Å². The summed E-state index contributed by atoms with van der Waals surface area (Å²) in [5, 5.41) is 9.21. The van der Waals surface area contributed by atoms with Crippen molar-refractivity contribution >= 4 is 23.8 Å². The molecule has 0 aromatic rings. The van der Waals surface area contributed by atoms with Crippen LogP contribution >= 0.6 is 11.8 Å². The lowest BCUT2D eigenvalue weighted by Crippen LogP contribution is -2.51. The van der Waals surface area contributed by atoms with E-state index in [4.69, 9.17) is 0 Å². The van der Waals surface area contributed by atoms with Crippen LogP contribution in [0.15, 0.2) is 0 Å². The maximum Gasteiger partial charge on any atom is 0.320 e. The Morgan fingerprint density at radius 3 is 2.26 bits per heavy atom. The van der Waals surface area contributed by atoms with Crippen molar-refractivity contribution in [1.82, 2.24) is 9.80 Å². The zero-order valence-corrected chi connectivity index (χ0v) is 12.6. The second-order valence-corrected chi connectivity index (χ2v) is 8.15. The first-order chi connectivity index (χ1) is 8.73. The monoisotopic (exact) mass is 286 g/mol. The number of nitrogens with zero attached hydrogens (tertiary/aromatic N) is 2. The van der Waals surface area contributed by atoms with Crippen molar-refractivity contribution in [3.63, 3.8) is 0 Å². The maximum absolute atomic E-state index is 12.4. The van der Waals surface area contributed by atoms with E-state index < -0.39 is 11.4 Å². The normalized spacial score (nSPS) is 30.5. The summed E-state index contributed by atoms with van der Waals surface area (Å²) in [6.45, 7) is 8.37. The number of rotatable bonds is 1. The van der Waals surface area contributed by atoms with Gasteiger partial charge < -0.3 is 14.9 Å². The average molecular weight is 286 g/mol. The van der Waals surface area contributed by atoms with E-state index in [1.54, 1.807) is 11.8 Å². The summed E-state index contributed by atoms with van der Waals surface area (Å²) in [6.07, 6.45) is 0.542. The quantitative estimate of drug-likeness (QED) is 0.797. The summed E-state index contributed by atoms with van der Waals surface area (Å²) in [7, 11) is 0. The minimum absolute atomic E-state index is 0.00153. The summed E-state index contributed by atoms with van der Waals surface area (Å²) >= 11 is 1.88. The van der Waals surface area contributed by atoms with Crippen LogP contribution in [0.5, 0.6) is 0 Å². The molecule has 2 aliphatic rings. The lowest BCUT2D eigenvalue weighted by atomic mass is 9.90. The highest BCUT2D eigenvalue weighted by molar-refractivity contribution is 8.00. The molecule has 0 bridgehead atoms. The van der Waals surface area contributed by atoms with E-state index in [-0.39, 0.29) is 10.8 Å². The van der Waals surface area contributed by atoms with Gasteiger partial charge in [-0.1, -0.05) is 0 Å². The number of carbonyl (C=O) groups is 2. The van der Waals surface area contributed by atoms with Gasteiger partial charge in [-0.15, -0.1) is 0 Å². The molecular weight excluding hydrogens is 264 g/mol. The van der Waals surface area contributed by atoms with Crippen molar-refractivity contribution < 1.29 is 14.7 Å². The fraction of sp³-hybridized carbons (Fsp3) is 0.846. The molecule has 6 heteroatoms. The number of hydrogen-bond donors (Lipinski definition) is 1. The summed E-state index contributed by atoms with van der Waals surface area (Å²) in [5.41, 5.74) is -0.782. The van der Waals surface area contributed by atoms with Gasteiger partial charge >= 0.3 is 12.0 Å². The topological polar surface area (TPSA) is 60.9 Å². The van der Waals surface area contributed by atoms with Gasteiger partial charge in [-0.3, -0.25) is 4.79 Å². The molecule has 2 amide bonds. The third kappa shape index (κ3) is 2.99. The number of carboxylic acid groups (broad SMARTS) is 1. The molecule has 0 spiro atoms. The Balaban J connectivity index is 2.00. The minimum Gasteiger partial charge on any atom is -0.481 e. The van der Waals surface area contributed by atoms with Crippen molar-refractivity contribution in [2.24, 2.45) is 5.41 Å². The fourth-order valence-electron chi connectivity index (χ4n) is 2.68. The number of likely N-dealkylation sites (tertiary alicyclic amines) is 1. The first-order valence-electron chi connectivity index (χ1n) is 6.65. The number of carbonyl (C=O) groups excluding carboxylic acids is 1. The molecule has 0 saturated carbocycles. The largest absolute Gasteiger partial charge is 0.481 e. The van der Waals surface area contributed by atoms with Crippen LogP contribution in [0.1, 0.15) is 27.2 Å². The molecule has 1 N–H and O–H groups in total. The number of hydrogen-bond acceptors (Lipinski definition) is 3. The number of aliphatic carboxylic acids is 1. The van der Waals surface area contributed by atoms with E-state index in [2.05, 4.69) is 13.8 Å². The van der Waals surface area contributed by atoms with Gasteiger partial charge in [0.1, 0.15) is 0 Å². The van der Waals surface area contributed by atoms with Gasteiger partial charge in [0.05, 0.1) is 5.41 Å². The zero-order chi connectivity index (χ0) is 14.3. The van der Waals surface area contributed by atoms with Crippen molar-refractivity contribution in [3.8, 4) is 0 Å². The minimum atomic E-state index is -0.808. The molecule has 2 fully saturated rings. The molecule has 1 atom stereocenters. The molecule has 1 unspecified atom stereocenters. The van der Waals surface area contributed by atoms with Crippen molar-refractivity contribution in [2.45, 2.75) is 31.9 Å². The van der Waals surface area contributed by atoms with Gasteiger partial charge in [0, 0.05) is 36.7 Å². The Morgan fingerprint density at radius 2 is 1.74 bits per heavy atom. The third-order valence-corrected chi connectivity index (χ3v) is 5.25. The molecule has 108 valence electrons. The number of urea groups is 1. The maximum atomic E-state index is 12.4. The van der Waals surface area contributed by atoms with E-state index in [0.717, 1.165) is 18.8 Å². The number of amides is 2. The highest BCUT2D eigenvalue weighted by Gasteiger charge is 2.43.